The SMILES string of the molecule is O=C(COc1ccc(Cl)c(F)c1)NC12CC(NC(=O)[C@H]3CNc4cc(Cl)ccc4O3)(C1)C2. The fourth-order valence-electron chi connectivity index (χ4n) is 4.73. The van der Waals surface area contributed by atoms with Gasteiger partial charge in [0.15, 0.2) is 12.7 Å². The Bertz CT molecular complexity index is 1090. The van der Waals surface area contributed by atoms with E-state index in [1.165, 1.54) is 12.1 Å². The average Bonchev–Trinajstić information content (AvgIpc) is 2.71. The van der Waals surface area contributed by atoms with Crippen molar-refractivity contribution in [1.82, 2.24) is 10.6 Å². The van der Waals surface area contributed by atoms with Crippen molar-refractivity contribution < 1.29 is 23.5 Å². The molecule has 32 heavy (non-hydrogen) atoms. The number of amides is 2. The van der Waals surface area contributed by atoms with Crippen molar-refractivity contribution in [3.8, 4) is 11.5 Å². The lowest BCUT2D eigenvalue weighted by Crippen LogP contribution is -2.84. The smallest absolute Gasteiger partial charge is 0.263 e. The summed E-state index contributed by atoms with van der Waals surface area (Å²) in [6, 6.07) is 9.21. The summed E-state index contributed by atoms with van der Waals surface area (Å²) in [6.45, 7) is 0.118. The van der Waals surface area contributed by atoms with Gasteiger partial charge in [-0.15, -0.1) is 0 Å². The lowest BCUT2D eigenvalue weighted by Gasteiger charge is -2.70. The summed E-state index contributed by atoms with van der Waals surface area (Å²) < 4.78 is 24.6. The van der Waals surface area contributed by atoms with E-state index in [-0.39, 0.29) is 40.3 Å². The molecule has 3 fully saturated rings. The first-order chi connectivity index (χ1) is 15.2. The van der Waals surface area contributed by atoms with E-state index in [4.69, 9.17) is 32.7 Å². The average molecular weight is 480 g/mol. The first kappa shape index (κ1) is 21.2. The molecule has 2 aromatic carbocycles. The molecule has 2 bridgehead atoms. The van der Waals surface area contributed by atoms with Crippen molar-refractivity contribution >= 4 is 40.7 Å². The molecule has 10 heteroatoms. The molecular formula is C22H20Cl2FN3O4. The van der Waals surface area contributed by atoms with E-state index in [2.05, 4.69) is 16.0 Å². The number of carbonyl (C=O) groups is 2. The molecule has 0 radical (unpaired) electrons. The quantitative estimate of drug-likeness (QED) is 0.591. The summed E-state index contributed by atoms with van der Waals surface area (Å²) in [4.78, 5) is 24.9. The molecule has 0 unspecified atom stereocenters. The van der Waals surface area contributed by atoms with E-state index in [0.717, 1.165) is 11.8 Å². The highest BCUT2D eigenvalue weighted by Gasteiger charge is 2.69. The van der Waals surface area contributed by atoms with E-state index < -0.39 is 11.9 Å². The van der Waals surface area contributed by atoms with Gasteiger partial charge < -0.3 is 25.4 Å². The molecule has 7 nitrogen and oxygen atoms in total. The van der Waals surface area contributed by atoms with Gasteiger partial charge in [0.1, 0.15) is 17.3 Å². The zero-order chi connectivity index (χ0) is 22.5. The van der Waals surface area contributed by atoms with Gasteiger partial charge in [0.2, 0.25) is 0 Å². The van der Waals surface area contributed by atoms with Crippen LogP contribution in [0.5, 0.6) is 11.5 Å². The number of benzene rings is 2. The number of halogens is 3. The fourth-order valence-corrected chi connectivity index (χ4v) is 5.02. The third-order valence-electron chi connectivity index (χ3n) is 6.07. The summed E-state index contributed by atoms with van der Waals surface area (Å²) in [7, 11) is 0. The van der Waals surface area contributed by atoms with Gasteiger partial charge in [-0.25, -0.2) is 4.39 Å². The lowest BCUT2D eigenvalue weighted by atomic mass is 9.44. The van der Waals surface area contributed by atoms with Crippen LogP contribution in [-0.4, -0.2) is 42.1 Å². The highest BCUT2D eigenvalue weighted by atomic mass is 35.5. The maximum atomic E-state index is 13.4. The summed E-state index contributed by atoms with van der Waals surface area (Å²) in [5.41, 5.74) is 0.125. The molecule has 3 aliphatic carbocycles. The van der Waals surface area contributed by atoms with Crippen molar-refractivity contribution in [1.29, 1.82) is 0 Å². The van der Waals surface area contributed by atoms with Gasteiger partial charge >= 0.3 is 0 Å². The summed E-state index contributed by atoms with van der Waals surface area (Å²) >= 11 is 11.6. The van der Waals surface area contributed by atoms with E-state index in [0.29, 0.717) is 36.6 Å². The van der Waals surface area contributed by atoms with Crippen LogP contribution in [-0.2, 0) is 9.59 Å². The Balaban J connectivity index is 1.08. The molecule has 4 aliphatic rings. The van der Waals surface area contributed by atoms with Crippen LogP contribution in [0, 0.1) is 5.82 Å². The van der Waals surface area contributed by atoms with Crippen molar-refractivity contribution in [3.63, 3.8) is 0 Å². The minimum atomic E-state index is -0.642. The van der Waals surface area contributed by atoms with Crippen molar-refractivity contribution in [2.75, 3.05) is 18.5 Å². The predicted octanol–water partition coefficient (Wildman–Crippen LogP) is 3.29. The molecule has 1 heterocycles. The topological polar surface area (TPSA) is 88.7 Å². The van der Waals surface area contributed by atoms with E-state index in [1.807, 2.05) is 0 Å². The number of hydrogen-bond donors (Lipinski definition) is 3. The molecule has 168 valence electrons. The maximum absolute atomic E-state index is 13.4. The molecule has 0 saturated heterocycles. The predicted molar refractivity (Wildman–Crippen MR) is 117 cm³/mol. The van der Waals surface area contributed by atoms with Gasteiger partial charge in [0, 0.05) is 22.2 Å². The normalized spacial score (nSPS) is 26.9. The first-order valence-electron chi connectivity index (χ1n) is 10.2. The molecule has 3 saturated carbocycles. The van der Waals surface area contributed by atoms with Crippen LogP contribution in [0.4, 0.5) is 10.1 Å². The van der Waals surface area contributed by atoms with Gasteiger partial charge in [-0.05, 0) is 49.6 Å². The number of hydrogen-bond acceptors (Lipinski definition) is 5. The van der Waals surface area contributed by atoms with Crippen LogP contribution in [0.15, 0.2) is 36.4 Å². The Morgan fingerprint density at radius 3 is 2.62 bits per heavy atom. The van der Waals surface area contributed by atoms with Gasteiger partial charge in [-0.2, -0.15) is 0 Å². The molecule has 0 spiro atoms. The number of rotatable bonds is 6. The van der Waals surface area contributed by atoms with Gasteiger partial charge in [-0.3, -0.25) is 9.59 Å². The van der Waals surface area contributed by atoms with Crippen molar-refractivity contribution in [3.05, 3.63) is 52.3 Å². The second-order valence-electron chi connectivity index (χ2n) is 8.62. The Morgan fingerprint density at radius 1 is 1.12 bits per heavy atom. The monoisotopic (exact) mass is 479 g/mol. The Kier molecular flexibility index (Phi) is 5.09. The minimum Gasteiger partial charge on any atom is -0.484 e. The second-order valence-corrected chi connectivity index (χ2v) is 9.46. The molecule has 3 N–H and O–H groups in total. The number of anilines is 1. The highest BCUT2D eigenvalue weighted by molar-refractivity contribution is 6.31. The third kappa shape index (κ3) is 3.93. The van der Waals surface area contributed by atoms with Crippen LogP contribution < -0.4 is 25.4 Å². The van der Waals surface area contributed by atoms with E-state index >= 15 is 0 Å². The van der Waals surface area contributed by atoms with Crippen molar-refractivity contribution in [2.24, 2.45) is 0 Å². The molecule has 2 aromatic rings. The lowest BCUT2D eigenvalue weighted by molar-refractivity contribution is -0.153. The van der Waals surface area contributed by atoms with Gasteiger partial charge in [0.25, 0.3) is 11.8 Å². The van der Waals surface area contributed by atoms with Crippen molar-refractivity contribution in [2.45, 2.75) is 36.4 Å². The maximum Gasteiger partial charge on any atom is 0.263 e. The summed E-state index contributed by atoms with van der Waals surface area (Å²) in [6.07, 6.45) is 1.31. The highest BCUT2D eigenvalue weighted by Crippen LogP contribution is 2.60. The Hall–Kier alpha value is -2.71. The fraction of sp³-hybridized carbons (Fsp3) is 0.364. The largest absolute Gasteiger partial charge is 0.484 e. The summed E-state index contributed by atoms with van der Waals surface area (Å²) in [5.74, 6) is -0.275. The van der Waals surface area contributed by atoms with Crippen LogP contribution in [0.25, 0.3) is 0 Å². The standard InChI is InChI=1S/C22H20Cl2FN3O4/c23-12-1-4-17-16(5-12)26-7-18(32-17)20(30)28-22-9-21(10-22,11-22)27-19(29)8-31-13-2-3-14(24)15(25)6-13/h1-6,18,26H,7-11H2,(H,27,29)(H,28,30)/t18-,21?,22?/m1/s1. The van der Waals surface area contributed by atoms with Crippen LogP contribution in [0.3, 0.4) is 0 Å². The minimum absolute atomic E-state index is 0.00831. The molecule has 2 amide bonds. The van der Waals surface area contributed by atoms with Gasteiger partial charge in [0.05, 0.1) is 17.3 Å². The Labute approximate surface area is 193 Å². The first-order valence-corrected chi connectivity index (χ1v) is 10.9. The number of carbonyl (C=O) groups excluding carboxylic acids is 2. The molecule has 6 rings (SSSR count). The van der Waals surface area contributed by atoms with E-state index in [1.54, 1.807) is 18.2 Å². The molecule has 0 aromatic heterocycles. The second kappa shape index (κ2) is 7.71. The molecule has 1 atom stereocenters. The van der Waals surface area contributed by atoms with E-state index in [9.17, 15) is 14.0 Å². The zero-order valence-electron chi connectivity index (χ0n) is 16.8. The number of fused-ring (bicyclic) bond motifs is 1. The van der Waals surface area contributed by atoms with Crippen LogP contribution in [0.1, 0.15) is 19.3 Å². The van der Waals surface area contributed by atoms with Crippen LogP contribution in [0.2, 0.25) is 10.0 Å². The number of ether oxygens (including phenoxy) is 2. The molecule has 1 aliphatic heterocycles. The Morgan fingerprint density at radius 2 is 1.88 bits per heavy atom. The van der Waals surface area contributed by atoms with Crippen LogP contribution >= 0.6 is 23.2 Å². The third-order valence-corrected chi connectivity index (χ3v) is 6.61. The zero-order valence-corrected chi connectivity index (χ0v) is 18.4. The summed E-state index contributed by atoms with van der Waals surface area (Å²) in [5, 5.41) is 9.78. The molecular weight excluding hydrogens is 460 g/mol. The van der Waals surface area contributed by atoms with Gasteiger partial charge in [-0.1, -0.05) is 23.2 Å². The number of nitrogens with one attached hydrogen (secondary N) is 3.